The number of hydrogen-bond donors (Lipinski definition) is 3. The normalized spacial score (nSPS) is 12.2. The van der Waals surface area contributed by atoms with Crippen LogP contribution in [0.1, 0.15) is 20.3 Å². The van der Waals surface area contributed by atoms with Crippen LogP contribution in [0.4, 0.5) is 0 Å². The molecule has 0 aliphatic carbocycles. The van der Waals surface area contributed by atoms with E-state index in [4.69, 9.17) is 4.74 Å². The quantitative estimate of drug-likeness (QED) is 0.456. The molecule has 0 bridgehead atoms. The Morgan fingerprint density at radius 1 is 1.12 bits per heavy atom. The van der Waals surface area contributed by atoms with Crippen molar-refractivity contribution in [2.45, 2.75) is 26.3 Å². The van der Waals surface area contributed by atoms with Crippen molar-refractivity contribution >= 4 is 10.2 Å². The molecule has 0 amide bonds. The molecule has 0 spiro atoms. The van der Waals surface area contributed by atoms with Gasteiger partial charge in [0.05, 0.1) is 6.61 Å². The van der Waals surface area contributed by atoms with Gasteiger partial charge in [0.25, 0.3) is 10.2 Å². The Morgan fingerprint density at radius 3 is 2.31 bits per heavy atom. The van der Waals surface area contributed by atoms with Crippen molar-refractivity contribution in [1.29, 1.82) is 0 Å². The molecule has 0 saturated heterocycles. The molecule has 0 atom stereocenters. The van der Waals surface area contributed by atoms with Gasteiger partial charge in [-0.05, 0) is 13.0 Å². The van der Waals surface area contributed by atoms with Crippen molar-refractivity contribution in [3.05, 3.63) is 0 Å². The molecule has 0 heterocycles. The third-order valence-electron chi connectivity index (χ3n) is 1.80. The standard InChI is InChI=1S/C9H23N3O3S/c1-9(2)10-5-4-6-11-16(13,14)12-7-8-15-3/h9-12H,4-8H2,1-3H3. The van der Waals surface area contributed by atoms with Crippen molar-refractivity contribution in [2.75, 3.05) is 33.4 Å². The largest absolute Gasteiger partial charge is 0.383 e. The van der Waals surface area contributed by atoms with Gasteiger partial charge in [-0.1, -0.05) is 13.8 Å². The van der Waals surface area contributed by atoms with Crippen molar-refractivity contribution in [1.82, 2.24) is 14.8 Å². The molecule has 7 heteroatoms. The first kappa shape index (κ1) is 15.8. The summed E-state index contributed by atoms with van der Waals surface area (Å²) in [6.45, 7) is 6.00. The summed E-state index contributed by atoms with van der Waals surface area (Å²) in [4.78, 5) is 0. The van der Waals surface area contributed by atoms with Gasteiger partial charge >= 0.3 is 0 Å². The van der Waals surface area contributed by atoms with Gasteiger partial charge in [0.15, 0.2) is 0 Å². The van der Waals surface area contributed by atoms with Crippen LogP contribution in [0.2, 0.25) is 0 Å². The molecule has 0 aliphatic heterocycles. The molecule has 16 heavy (non-hydrogen) atoms. The Bertz CT molecular complexity index is 255. The highest BCUT2D eigenvalue weighted by atomic mass is 32.2. The molecule has 0 aromatic rings. The van der Waals surface area contributed by atoms with Crippen LogP contribution < -0.4 is 14.8 Å². The second-order valence-electron chi connectivity index (χ2n) is 3.75. The minimum absolute atomic E-state index is 0.288. The SMILES string of the molecule is COCCNS(=O)(=O)NCCCNC(C)C. The van der Waals surface area contributed by atoms with E-state index in [0.717, 1.165) is 13.0 Å². The van der Waals surface area contributed by atoms with E-state index >= 15 is 0 Å². The molecule has 98 valence electrons. The van der Waals surface area contributed by atoms with E-state index in [1.54, 1.807) is 0 Å². The van der Waals surface area contributed by atoms with Crippen molar-refractivity contribution in [2.24, 2.45) is 0 Å². The molecule has 0 radical (unpaired) electrons. The van der Waals surface area contributed by atoms with Crippen molar-refractivity contribution in [3.63, 3.8) is 0 Å². The summed E-state index contributed by atoms with van der Waals surface area (Å²) in [5, 5.41) is 3.21. The van der Waals surface area contributed by atoms with E-state index in [1.807, 2.05) is 0 Å². The molecule has 0 aliphatic rings. The summed E-state index contributed by atoms with van der Waals surface area (Å²) in [6, 6.07) is 0.427. The Labute approximate surface area is 98.3 Å². The molecule has 3 N–H and O–H groups in total. The van der Waals surface area contributed by atoms with Crippen LogP contribution in [0.3, 0.4) is 0 Å². The maximum Gasteiger partial charge on any atom is 0.276 e. The van der Waals surface area contributed by atoms with E-state index < -0.39 is 10.2 Å². The summed E-state index contributed by atoms with van der Waals surface area (Å²) in [5.41, 5.74) is 0. The zero-order valence-electron chi connectivity index (χ0n) is 10.2. The Kier molecular flexibility index (Phi) is 8.77. The number of nitrogens with one attached hydrogen (secondary N) is 3. The number of rotatable bonds is 10. The Morgan fingerprint density at radius 2 is 1.75 bits per heavy atom. The lowest BCUT2D eigenvalue weighted by molar-refractivity contribution is 0.204. The van der Waals surface area contributed by atoms with Gasteiger partial charge in [-0.2, -0.15) is 13.1 Å². The highest BCUT2D eigenvalue weighted by molar-refractivity contribution is 7.87. The van der Waals surface area contributed by atoms with Crippen LogP contribution in [0, 0.1) is 0 Å². The molecule has 0 fully saturated rings. The minimum Gasteiger partial charge on any atom is -0.383 e. The van der Waals surface area contributed by atoms with Gasteiger partial charge in [-0.3, -0.25) is 0 Å². The summed E-state index contributed by atoms with van der Waals surface area (Å²) in [6.07, 6.45) is 0.767. The zero-order valence-corrected chi connectivity index (χ0v) is 11.1. The van der Waals surface area contributed by atoms with Crippen LogP contribution in [0.25, 0.3) is 0 Å². The highest BCUT2D eigenvalue weighted by Crippen LogP contribution is 1.82. The summed E-state index contributed by atoms with van der Waals surface area (Å²) < 4.78 is 32.2. The fraction of sp³-hybridized carbons (Fsp3) is 1.00. The van der Waals surface area contributed by atoms with Gasteiger partial charge in [-0.15, -0.1) is 0 Å². The summed E-state index contributed by atoms with van der Waals surface area (Å²) >= 11 is 0. The van der Waals surface area contributed by atoms with Gasteiger partial charge in [0.1, 0.15) is 0 Å². The van der Waals surface area contributed by atoms with E-state index in [0.29, 0.717) is 19.2 Å². The molecule has 0 aromatic heterocycles. The van der Waals surface area contributed by atoms with Crippen LogP contribution in [0.15, 0.2) is 0 Å². The average Bonchev–Trinajstić information content (AvgIpc) is 2.16. The molecule has 0 unspecified atom stereocenters. The van der Waals surface area contributed by atoms with Crippen LogP contribution in [-0.4, -0.2) is 47.8 Å². The smallest absolute Gasteiger partial charge is 0.276 e. The van der Waals surface area contributed by atoms with Crippen LogP contribution in [-0.2, 0) is 14.9 Å². The monoisotopic (exact) mass is 253 g/mol. The molecule has 0 saturated carbocycles. The second kappa shape index (κ2) is 8.89. The van der Waals surface area contributed by atoms with Crippen molar-refractivity contribution < 1.29 is 13.2 Å². The van der Waals surface area contributed by atoms with Crippen LogP contribution >= 0.6 is 0 Å². The van der Waals surface area contributed by atoms with Gasteiger partial charge in [0.2, 0.25) is 0 Å². The first-order chi connectivity index (χ1) is 7.48. The second-order valence-corrected chi connectivity index (χ2v) is 5.33. The van der Waals surface area contributed by atoms with E-state index in [2.05, 4.69) is 28.6 Å². The minimum atomic E-state index is -3.36. The lowest BCUT2D eigenvalue weighted by Crippen LogP contribution is -2.39. The lowest BCUT2D eigenvalue weighted by atomic mass is 10.3. The predicted molar refractivity (Wildman–Crippen MR) is 64.6 cm³/mol. The third kappa shape index (κ3) is 10.3. The fourth-order valence-electron chi connectivity index (χ4n) is 1.01. The van der Waals surface area contributed by atoms with E-state index in [-0.39, 0.29) is 6.54 Å². The topological polar surface area (TPSA) is 79.5 Å². The molecular weight excluding hydrogens is 230 g/mol. The number of ether oxygens (including phenoxy) is 1. The van der Waals surface area contributed by atoms with E-state index in [9.17, 15) is 8.42 Å². The maximum atomic E-state index is 11.3. The average molecular weight is 253 g/mol. The highest BCUT2D eigenvalue weighted by Gasteiger charge is 2.06. The number of hydrogen-bond acceptors (Lipinski definition) is 4. The fourth-order valence-corrected chi connectivity index (χ4v) is 1.88. The molecule has 0 rings (SSSR count). The Balaban J connectivity index is 3.51. The predicted octanol–water partition coefficient (Wildman–Crippen LogP) is -0.555. The van der Waals surface area contributed by atoms with Gasteiger partial charge < -0.3 is 10.1 Å². The van der Waals surface area contributed by atoms with Crippen molar-refractivity contribution in [3.8, 4) is 0 Å². The zero-order chi connectivity index (χ0) is 12.4. The van der Waals surface area contributed by atoms with Crippen LogP contribution in [0.5, 0.6) is 0 Å². The summed E-state index contributed by atoms with van der Waals surface area (Å²) in [5.74, 6) is 0. The molecular formula is C9H23N3O3S. The maximum absolute atomic E-state index is 11.3. The third-order valence-corrected chi connectivity index (χ3v) is 2.96. The number of methoxy groups -OCH3 is 1. The van der Waals surface area contributed by atoms with Gasteiger partial charge in [-0.25, -0.2) is 4.72 Å². The molecule has 6 nitrogen and oxygen atoms in total. The molecule has 0 aromatic carbocycles. The van der Waals surface area contributed by atoms with Gasteiger partial charge in [0, 0.05) is 26.2 Å². The lowest BCUT2D eigenvalue weighted by Gasteiger charge is -2.09. The van der Waals surface area contributed by atoms with E-state index in [1.165, 1.54) is 7.11 Å². The first-order valence-electron chi connectivity index (χ1n) is 5.44. The Hall–Kier alpha value is -0.210. The first-order valence-corrected chi connectivity index (χ1v) is 6.93. The summed E-state index contributed by atoms with van der Waals surface area (Å²) in [7, 11) is -1.84.